The summed E-state index contributed by atoms with van der Waals surface area (Å²) in [6, 6.07) is 0. The predicted molar refractivity (Wildman–Crippen MR) is 130 cm³/mol. The van der Waals surface area contributed by atoms with Crippen molar-refractivity contribution in [2.75, 3.05) is 0 Å². The lowest BCUT2D eigenvalue weighted by Crippen LogP contribution is -2.40. The molecule has 0 spiro atoms. The molecule has 0 aliphatic rings. The van der Waals surface area contributed by atoms with Gasteiger partial charge in [-0.05, 0) is 50.1 Å². The van der Waals surface area contributed by atoms with Crippen LogP contribution in [0.25, 0.3) is 0 Å². The van der Waals surface area contributed by atoms with E-state index in [-0.39, 0.29) is 16.7 Å². The summed E-state index contributed by atoms with van der Waals surface area (Å²) < 4.78 is 25.1. The Balaban J connectivity index is 3.54. The van der Waals surface area contributed by atoms with Crippen molar-refractivity contribution in [1.29, 1.82) is 0 Å². The van der Waals surface area contributed by atoms with Crippen LogP contribution in [-0.2, 0) is 26.5 Å². The molecule has 1 aromatic rings. The molecule has 3 N–H and O–H groups in total. The molecule has 29 heavy (non-hydrogen) atoms. The fourth-order valence-electron chi connectivity index (χ4n) is 1.90. The van der Waals surface area contributed by atoms with Crippen LogP contribution in [0.15, 0.2) is 8.24 Å². The Hall–Kier alpha value is -0.106. The van der Waals surface area contributed by atoms with Crippen LogP contribution in [0.5, 0.6) is 0 Å². The topological polar surface area (TPSA) is 97.8 Å². The minimum absolute atomic E-state index is 0.0396. The summed E-state index contributed by atoms with van der Waals surface area (Å²) in [5, 5.41) is 17.2. The second kappa shape index (κ2) is 8.10. The first-order chi connectivity index (χ1) is 12.5. The Labute approximate surface area is 184 Å². The summed E-state index contributed by atoms with van der Waals surface area (Å²) in [6.07, 6.45) is 0. The first-order valence-electron chi connectivity index (χ1n) is 9.94. The molecule has 0 aliphatic heterocycles. The van der Waals surface area contributed by atoms with Crippen molar-refractivity contribution in [2.45, 2.75) is 108 Å². The number of hydrogen-bond acceptors (Lipinski definition) is 6. The summed E-state index contributed by atoms with van der Waals surface area (Å²) in [5.74, 6) is 0. The molecule has 1 unspecified atom stereocenters. The lowest BCUT2D eigenvalue weighted by molar-refractivity contribution is 0.0779. The fraction of sp³-hybridized carbons (Fsp3) is 0.842. The van der Waals surface area contributed by atoms with Crippen molar-refractivity contribution in [3.05, 3.63) is 10.7 Å². The maximum Gasteiger partial charge on any atom is 0.195 e. The molecule has 10 heteroatoms. The molecule has 0 aliphatic carbocycles. The van der Waals surface area contributed by atoms with E-state index in [1.807, 2.05) is 0 Å². The number of rotatable bonds is 6. The summed E-state index contributed by atoms with van der Waals surface area (Å²) in [4.78, 5) is 4.59. The Morgan fingerprint density at radius 2 is 1.55 bits per heavy atom. The zero-order valence-corrected chi connectivity index (χ0v) is 23.9. The van der Waals surface area contributed by atoms with Gasteiger partial charge >= 0.3 is 0 Å². The Kier molecular flexibility index (Phi) is 7.53. The summed E-state index contributed by atoms with van der Waals surface area (Å²) in [7, 11) is -7.46. The minimum atomic E-state index is -3.16. The highest BCUT2D eigenvalue weighted by atomic mass is 32.2. The van der Waals surface area contributed by atoms with Gasteiger partial charge in [0, 0.05) is 0 Å². The highest BCUT2D eigenvalue weighted by Crippen LogP contribution is 2.40. The lowest BCUT2D eigenvalue weighted by atomic mass is 10.2. The predicted octanol–water partition coefficient (Wildman–Crippen LogP) is 5.60. The molecule has 0 fully saturated rings. The summed E-state index contributed by atoms with van der Waals surface area (Å²) in [6.45, 7) is 24.8. The maximum atomic E-state index is 13.6. The van der Waals surface area contributed by atoms with E-state index in [1.165, 1.54) is 11.3 Å². The standard InChI is InChI=1S/C19H41N3O3S2Si2/c1-17(2,3)28(9,10)22-27(20,24)15-14(21-16(26-15)19(7,8)23)13-25-29(11,12)18(4,5)6/h23H,13H2,1-12H3,(H2,20,22,24). The molecular weight excluding hydrogens is 439 g/mol. The highest BCUT2D eigenvalue weighted by Gasteiger charge is 2.40. The maximum absolute atomic E-state index is 13.6. The van der Waals surface area contributed by atoms with Crippen LogP contribution >= 0.6 is 11.3 Å². The van der Waals surface area contributed by atoms with Crippen LogP contribution in [0.1, 0.15) is 66.1 Å². The largest absolute Gasteiger partial charge is 0.411 e. The lowest BCUT2D eigenvalue weighted by Gasteiger charge is -2.36. The van der Waals surface area contributed by atoms with Crippen molar-refractivity contribution in [3.63, 3.8) is 0 Å². The van der Waals surface area contributed by atoms with Crippen LogP contribution in [0.4, 0.5) is 0 Å². The van der Waals surface area contributed by atoms with Crippen LogP contribution in [-0.4, -0.2) is 30.9 Å². The molecule has 0 saturated carbocycles. The van der Waals surface area contributed by atoms with Gasteiger partial charge in [-0.15, -0.1) is 11.3 Å². The molecule has 1 atom stereocenters. The van der Waals surface area contributed by atoms with Crippen molar-refractivity contribution >= 4 is 37.8 Å². The number of aromatic nitrogens is 1. The average Bonchev–Trinajstić information content (AvgIpc) is 2.86. The van der Waals surface area contributed by atoms with Crippen LogP contribution < -0.4 is 5.14 Å². The summed E-state index contributed by atoms with van der Waals surface area (Å²) in [5.41, 5.74) is -0.617. The Morgan fingerprint density at radius 1 is 1.07 bits per heavy atom. The second-order valence-electron chi connectivity index (χ2n) is 11.3. The third kappa shape index (κ3) is 6.44. The average molecular weight is 480 g/mol. The number of nitrogens with two attached hydrogens (primary N) is 1. The van der Waals surface area contributed by atoms with Gasteiger partial charge in [-0.2, -0.15) is 0 Å². The number of hydrogen-bond donors (Lipinski definition) is 2. The van der Waals surface area contributed by atoms with Gasteiger partial charge in [-0.25, -0.2) is 14.3 Å². The van der Waals surface area contributed by atoms with Crippen molar-refractivity contribution in [2.24, 2.45) is 9.17 Å². The second-order valence-corrected chi connectivity index (χ2v) is 24.3. The molecule has 1 aromatic heterocycles. The van der Waals surface area contributed by atoms with E-state index in [1.54, 1.807) is 13.8 Å². The van der Waals surface area contributed by atoms with E-state index < -0.39 is 32.1 Å². The number of nitrogens with zero attached hydrogens (tertiary/aromatic N) is 2. The third-order valence-electron chi connectivity index (χ3n) is 6.03. The zero-order valence-electron chi connectivity index (χ0n) is 20.3. The van der Waals surface area contributed by atoms with Crippen LogP contribution in [0.3, 0.4) is 0 Å². The molecule has 0 radical (unpaired) electrons. The first kappa shape index (κ1) is 26.9. The highest BCUT2D eigenvalue weighted by molar-refractivity contribution is 7.94. The smallest absolute Gasteiger partial charge is 0.195 e. The molecule has 0 aromatic carbocycles. The molecule has 0 bridgehead atoms. The first-order valence-corrected chi connectivity index (χ1v) is 18.2. The Morgan fingerprint density at radius 3 is 1.93 bits per heavy atom. The van der Waals surface area contributed by atoms with Crippen LogP contribution in [0, 0.1) is 0 Å². The van der Waals surface area contributed by atoms with Crippen molar-refractivity contribution < 1.29 is 13.7 Å². The van der Waals surface area contributed by atoms with E-state index >= 15 is 0 Å². The molecule has 1 rings (SSSR count). The normalized spacial score (nSPS) is 16.6. The van der Waals surface area contributed by atoms with Gasteiger partial charge in [0.05, 0.1) is 12.3 Å². The van der Waals surface area contributed by atoms with E-state index in [0.717, 1.165) is 0 Å². The molecule has 6 nitrogen and oxygen atoms in total. The SMILES string of the molecule is CC(C)(O)c1nc(CO[Si](C)(C)C(C)(C)C)c(S(N)(=O)=N[Si](C)(C)C(C)(C)C)s1. The van der Waals surface area contributed by atoms with Gasteiger partial charge in [0.1, 0.15) is 24.7 Å². The van der Waals surface area contributed by atoms with E-state index in [9.17, 15) is 9.32 Å². The third-order valence-corrected chi connectivity index (χ3v) is 20.0. The Bertz CT molecular complexity index is 852. The monoisotopic (exact) mass is 479 g/mol. The fourth-order valence-corrected chi connectivity index (χ4v) is 9.27. The minimum Gasteiger partial charge on any atom is -0.411 e. The van der Waals surface area contributed by atoms with Crippen molar-refractivity contribution in [1.82, 2.24) is 4.98 Å². The summed E-state index contributed by atoms with van der Waals surface area (Å²) >= 11 is 1.19. The molecule has 0 amide bonds. The van der Waals surface area contributed by atoms with Gasteiger partial charge < -0.3 is 9.53 Å². The van der Waals surface area contributed by atoms with E-state index in [0.29, 0.717) is 14.9 Å². The van der Waals surface area contributed by atoms with Crippen molar-refractivity contribution in [3.8, 4) is 0 Å². The van der Waals surface area contributed by atoms with Gasteiger partial charge in [0.2, 0.25) is 0 Å². The zero-order chi connectivity index (χ0) is 23.3. The molecule has 1 heterocycles. The van der Waals surface area contributed by atoms with E-state index in [2.05, 4.69) is 72.7 Å². The molecule has 170 valence electrons. The van der Waals surface area contributed by atoms with Crippen LogP contribution in [0.2, 0.25) is 36.3 Å². The van der Waals surface area contributed by atoms with Gasteiger partial charge in [-0.1, -0.05) is 41.5 Å². The van der Waals surface area contributed by atoms with Gasteiger partial charge in [-0.3, -0.25) is 4.03 Å². The number of aliphatic hydroxyl groups is 1. The number of thiazole rings is 1. The van der Waals surface area contributed by atoms with Gasteiger partial charge in [0.15, 0.2) is 16.6 Å². The quantitative estimate of drug-likeness (QED) is 0.519. The molecular formula is C19H41N3O3S2Si2. The molecule has 0 saturated heterocycles. The van der Waals surface area contributed by atoms with E-state index in [4.69, 9.17) is 13.6 Å². The van der Waals surface area contributed by atoms with Gasteiger partial charge in [0.25, 0.3) is 0 Å².